The van der Waals surface area contributed by atoms with Crippen LogP contribution in [0.1, 0.15) is 38.2 Å². The summed E-state index contributed by atoms with van der Waals surface area (Å²) < 4.78 is 28.5. The second-order valence-electron chi connectivity index (χ2n) is 5.75. The molecule has 1 saturated carbocycles. The molecule has 0 aliphatic heterocycles. The van der Waals surface area contributed by atoms with Crippen LogP contribution < -0.4 is 10.0 Å². The third-order valence-electron chi connectivity index (χ3n) is 4.11. The molecule has 1 unspecified atom stereocenters. The molecule has 2 rings (SSSR count). The van der Waals surface area contributed by atoms with Gasteiger partial charge >= 0.3 is 0 Å². The highest BCUT2D eigenvalue weighted by Crippen LogP contribution is 2.29. The van der Waals surface area contributed by atoms with Gasteiger partial charge in [-0.05, 0) is 66.4 Å². The van der Waals surface area contributed by atoms with Crippen molar-refractivity contribution in [2.24, 2.45) is 5.92 Å². The van der Waals surface area contributed by atoms with E-state index in [1.165, 1.54) is 12.8 Å². The summed E-state index contributed by atoms with van der Waals surface area (Å²) in [6.07, 6.45) is 4.65. The predicted molar refractivity (Wildman–Crippen MR) is 88.6 cm³/mol. The van der Waals surface area contributed by atoms with E-state index in [9.17, 15) is 8.42 Å². The van der Waals surface area contributed by atoms with Crippen molar-refractivity contribution in [1.82, 2.24) is 10.0 Å². The topological polar surface area (TPSA) is 58.2 Å². The Labute approximate surface area is 135 Å². The molecule has 0 bridgehead atoms. The van der Waals surface area contributed by atoms with Gasteiger partial charge in [-0.1, -0.05) is 18.9 Å². The van der Waals surface area contributed by atoms with E-state index in [-0.39, 0.29) is 6.04 Å². The number of hydrogen-bond donors (Lipinski definition) is 2. The Morgan fingerprint density at radius 2 is 2.00 bits per heavy atom. The molecule has 118 valence electrons. The Morgan fingerprint density at radius 3 is 2.57 bits per heavy atom. The van der Waals surface area contributed by atoms with E-state index in [1.807, 2.05) is 26.1 Å². The maximum absolute atomic E-state index is 12.5. The molecule has 1 aliphatic carbocycles. The summed E-state index contributed by atoms with van der Waals surface area (Å²) in [4.78, 5) is 0.312. The maximum atomic E-state index is 12.5. The maximum Gasteiger partial charge on any atom is 0.241 e. The minimum atomic E-state index is -3.48. The second-order valence-corrected chi connectivity index (χ2v) is 8.29. The minimum Gasteiger partial charge on any atom is -0.316 e. The monoisotopic (exact) mass is 374 g/mol. The van der Waals surface area contributed by atoms with Gasteiger partial charge < -0.3 is 5.32 Å². The Balaban J connectivity index is 2.15. The van der Waals surface area contributed by atoms with Gasteiger partial charge in [0.1, 0.15) is 0 Å². The van der Waals surface area contributed by atoms with Crippen LogP contribution in [0.4, 0.5) is 0 Å². The number of nitrogens with one attached hydrogen (secondary N) is 2. The zero-order valence-corrected chi connectivity index (χ0v) is 14.9. The molecule has 1 aromatic carbocycles. The molecular weight excluding hydrogens is 352 g/mol. The molecule has 1 aliphatic rings. The zero-order chi connectivity index (χ0) is 15.5. The Hall–Kier alpha value is -0.430. The van der Waals surface area contributed by atoms with Crippen LogP contribution in [0.25, 0.3) is 0 Å². The van der Waals surface area contributed by atoms with E-state index in [2.05, 4.69) is 26.0 Å². The van der Waals surface area contributed by atoms with Gasteiger partial charge in [-0.25, -0.2) is 13.1 Å². The standard InChI is InChI=1S/C15H23BrN2O2S/c1-11(13-5-3-4-6-13)18-21(19,20)15-8-7-12(10-17-2)9-14(15)16/h7-9,11,13,17-18H,3-6,10H2,1-2H3. The van der Waals surface area contributed by atoms with Crippen molar-refractivity contribution in [2.75, 3.05) is 7.05 Å². The molecule has 0 spiro atoms. The first-order valence-corrected chi connectivity index (χ1v) is 9.67. The van der Waals surface area contributed by atoms with E-state index < -0.39 is 10.0 Å². The lowest BCUT2D eigenvalue weighted by molar-refractivity contribution is 0.424. The lowest BCUT2D eigenvalue weighted by Gasteiger charge is -2.20. The summed E-state index contributed by atoms with van der Waals surface area (Å²) in [6, 6.07) is 5.35. The quantitative estimate of drug-likeness (QED) is 0.804. The van der Waals surface area contributed by atoms with E-state index in [4.69, 9.17) is 0 Å². The number of benzene rings is 1. The van der Waals surface area contributed by atoms with Crippen molar-refractivity contribution in [1.29, 1.82) is 0 Å². The van der Waals surface area contributed by atoms with Gasteiger partial charge in [0.2, 0.25) is 10.0 Å². The first-order chi connectivity index (χ1) is 9.94. The molecule has 6 heteroatoms. The lowest BCUT2D eigenvalue weighted by atomic mass is 10.0. The molecule has 0 aromatic heterocycles. The molecule has 21 heavy (non-hydrogen) atoms. The summed E-state index contributed by atoms with van der Waals surface area (Å²) in [5, 5.41) is 3.05. The van der Waals surface area contributed by atoms with Gasteiger partial charge in [0.05, 0.1) is 4.90 Å². The van der Waals surface area contributed by atoms with Crippen molar-refractivity contribution >= 4 is 26.0 Å². The van der Waals surface area contributed by atoms with Crippen LogP contribution >= 0.6 is 15.9 Å². The fourth-order valence-electron chi connectivity index (χ4n) is 2.94. The first kappa shape index (κ1) is 16.9. The van der Waals surface area contributed by atoms with E-state index in [0.717, 1.165) is 18.4 Å². The SMILES string of the molecule is CNCc1ccc(S(=O)(=O)NC(C)C2CCCC2)c(Br)c1. The van der Waals surface area contributed by atoms with Crippen molar-refractivity contribution < 1.29 is 8.42 Å². The van der Waals surface area contributed by atoms with Gasteiger partial charge in [0.15, 0.2) is 0 Å². The van der Waals surface area contributed by atoms with Gasteiger partial charge in [-0.3, -0.25) is 0 Å². The van der Waals surface area contributed by atoms with Crippen LogP contribution in [0, 0.1) is 5.92 Å². The van der Waals surface area contributed by atoms with Gasteiger partial charge in [0, 0.05) is 17.1 Å². The highest BCUT2D eigenvalue weighted by atomic mass is 79.9. The average molecular weight is 375 g/mol. The number of halogens is 1. The third kappa shape index (κ3) is 4.28. The highest BCUT2D eigenvalue weighted by molar-refractivity contribution is 9.10. The predicted octanol–water partition coefficient (Wildman–Crippen LogP) is 3.03. The highest BCUT2D eigenvalue weighted by Gasteiger charge is 2.27. The van der Waals surface area contributed by atoms with Crippen LogP contribution in [-0.2, 0) is 16.6 Å². The van der Waals surface area contributed by atoms with Gasteiger partial charge in [-0.15, -0.1) is 0 Å². The molecule has 1 fully saturated rings. The summed E-state index contributed by atoms with van der Waals surface area (Å²) in [6.45, 7) is 2.68. The Morgan fingerprint density at radius 1 is 1.33 bits per heavy atom. The summed E-state index contributed by atoms with van der Waals surface area (Å²) in [7, 11) is -1.61. The molecule has 0 amide bonds. The molecular formula is C15H23BrN2O2S. The molecule has 1 atom stereocenters. The lowest BCUT2D eigenvalue weighted by Crippen LogP contribution is -2.37. The van der Waals surface area contributed by atoms with E-state index in [1.54, 1.807) is 6.07 Å². The van der Waals surface area contributed by atoms with Crippen molar-refractivity contribution in [3.05, 3.63) is 28.2 Å². The average Bonchev–Trinajstić information content (AvgIpc) is 2.92. The van der Waals surface area contributed by atoms with E-state index in [0.29, 0.717) is 21.8 Å². The van der Waals surface area contributed by atoms with Crippen molar-refractivity contribution in [3.63, 3.8) is 0 Å². The second kappa shape index (κ2) is 7.22. The van der Waals surface area contributed by atoms with Crippen molar-refractivity contribution in [2.45, 2.75) is 50.1 Å². The smallest absolute Gasteiger partial charge is 0.241 e. The largest absolute Gasteiger partial charge is 0.316 e. The molecule has 4 nitrogen and oxygen atoms in total. The van der Waals surface area contributed by atoms with E-state index >= 15 is 0 Å². The summed E-state index contributed by atoms with van der Waals surface area (Å²) in [5.41, 5.74) is 1.05. The van der Waals surface area contributed by atoms with Gasteiger partial charge in [0.25, 0.3) is 0 Å². The molecule has 0 heterocycles. The van der Waals surface area contributed by atoms with Crippen LogP contribution in [0.3, 0.4) is 0 Å². The van der Waals surface area contributed by atoms with Crippen LogP contribution in [0.5, 0.6) is 0 Å². The molecule has 0 saturated heterocycles. The Bertz CT molecular complexity index is 583. The normalized spacial score (nSPS) is 18.0. The zero-order valence-electron chi connectivity index (χ0n) is 12.5. The van der Waals surface area contributed by atoms with Crippen LogP contribution in [0.2, 0.25) is 0 Å². The fourth-order valence-corrected chi connectivity index (χ4v) is 5.38. The first-order valence-electron chi connectivity index (χ1n) is 7.39. The molecule has 2 N–H and O–H groups in total. The number of sulfonamides is 1. The third-order valence-corrected chi connectivity index (χ3v) is 6.65. The molecule has 0 radical (unpaired) electrons. The summed E-state index contributed by atoms with van der Waals surface area (Å²) in [5.74, 6) is 0.460. The number of rotatable bonds is 6. The minimum absolute atomic E-state index is 0.0126. The van der Waals surface area contributed by atoms with Gasteiger partial charge in [-0.2, -0.15) is 0 Å². The Kier molecular flexibility index (Phi) is 5.82. The van der Waals surface area contributed by atoms with Crippen LogP contribution in [0.15, 0.2) is 27.6 Å². The number of hydrogen-bond acceptors (Lipinski definition) is 3. The molecule has 1 aromatic rings. The summed E-state index contributed by atoms with van der Waals surface area (Å²) >= 11 is 3.38. The fraction of sp³-hybridized carbons (Fsp3) is 0.600. The van der Waals surface area contributed by atoms with Crippen molar-refractivity contribution in [3.8, 4) is 0 Å². The van der Waals surface area contributed by atoms with Crippen LogP contribution in [-0.4, -0.2) is 21.5 Å².